The number of carbonyl (C=O) groups is 3. The summed E-state index contributed by atoms with van der Waals surface area (Å²) in [5.41, 5.74) is 1.33. The second kappa shape index (κ2) is 4.60. The van der Waals surface area contributed by atoms with Gasteiger partial charge in [-0.05, 0) is 25.5 Å². The molecule has 0 aromatic heterocycles. The lowest BCUT2D eigenvalue weighted by molar-refractivity contribution is -0.144. The molecule has 1 aliphatic rings. The van der Waals surface area contributed by atoms with Gasteiger partial charge in [-0.1, -0.05) is 17.7 Å². The van der Waals surface area contributed by atoms with Crippen molar-refractivity contribution in [3.05, 3.63) is 35.4 Å². The summed E-state index contributed by atoms with van der Waals surface area (Å²) in [6, 6.07) is 5.67. The number of likely N-dealkylation sites (tertiary alicyclic amines) is 1. The first-order chi connectivity index (χ1) is 8.50. The lowest BCUT2D eigenvalue weighted by Crippen LogP contribution is -2.42. The topological polar surface area (TPSA) is 74.7 Å². The maximum Gasteiger partial charge on any atom is 0.326 e. The summed E-state index contributed by atoms with van der Waals surface area (Å²) in [6.45, 7) is 1.88. The third kappa shape index (κ3) is 2.11. The van der Waals surface area contributed by atoms with Crippen LogP contribution in [0.5, 0.6) is 0 Å². The van der Waals surface area contributed by atoms with Crippen molar-refractivity contribution in [2.24, 2.45) is 0 Å². The molecule has 2 amide bonds. The fourth-order valence-corrected chi connectivity index (χ4v) is 2.01. The van der Waals surface area contributed by atoms with Crippen LogP contribution in [0.3, 0.4) is 0 Å². The average Bonchev–Trinajstić information content (AvgIpc) is 2.71. The second-order valence-corrected chi connectivity index (χ2v) is 4.33. The number of hydrogen-bond acceptors (Lipinski definition) is 3. The van der Waals surface area contributed by atoms with Gasteiger partial charge < -0.3 is 5.11 Å². The number of aliphatic carboxylic acids is 1. The van der Waals surface area contributed by atoms with Crippen molar-refractivity contribution in [3.8, 4) is 0 Å². The molecule has 0 radical (unpaired) electrons. The highest BCUT2D eigenvalue weighted by Gasteiger charge is 2.40. The molecule has 5 nitrogen and oxygen atoms in total. The van der Waals surface area contributed by atoms with Gasteiger partial charge >= 0.3 is 5.97 Å². The Bertz CT molecular complexity index is 506. The van der Waals surface area contributed by atoms with Gasteiger partial charge in [0, 0.05) is 12.0 Å². The Labute approximate surface area is 104 Å². The molecule has 0 saturated carbocycles. The van der Waals surface area contributed by atoms with Crippen molar-refractivity contribution < 1.29 is 19.5 Å². The van der Waals surface area contributed by atoms with E-state index >= 15 is 0 Å². The predicted molar refractivity (Wildman–Crippen MR) is 63.0 cm³/mol. The van der Waals surface area contributed by atoms with E-state index in [-0.39, 0.29) is 12.8 Å². The third-order valence-corrected chi connectivity index (χ3v) is 3.01. The normalized spacial score (nSPS) is 19.1. The van der Waals surface area contributed by atoms with E-state index in [1.54, 1.807) is 24.3 Å². The summed E-state index contributed by atoms with van der Waals surface area (Å²) in [5, 5.41) is 9.00. The minimum Gasteiger partial charge on any atom is -0.480 e. The Morgan fingerprint density at radius 3 is 2.44 bits per heavy atom. The zero-order chi connectivity index (χ0) is 13.3. The molecule has 2 rings (SSSR count). The van der Waals surface area contributed by atoms with E-state index in [4.69, 9.17) is 5.11 Å². The standard InChI is InChI=1S/C13H13NO4/c1-8-2-4-9(5-3-8)12(16)14-10(13(17)18)6-7-11(14)15/h2-5,10H,6-7H2,1H3,(H,17,18). The fraction of sp³-hybridized carbons (Fsp3) is 0.308. The van der Waals surface area contributed by atoms with Crippen LogP contribution in [0.2, 0.25) is 0 Å². The lowest BCUT2D eigenvalue weighted by Gasteiger charge is -2.19. The molecule has 1 aromatic rings. The van der Waals surface area contributed by atoms with E-state index in [2.05, 4.69) is 0 Å². The third-order valence-electron chi connectivity index (χ3n) is 3.01. The van der Waals surface area contributed by atoms with Gasteiger partial charge in [0.15, 0.2) is 0 Å². The Morgan fingerprint density at radius 1 is 1.28 bits per heavy atom. The van der Waals surface area contributed by atoms with Gasteiger partial charge in [0.05, 0.1) is 0 Å². The summed E-state index contributed by atoms with van der Waals surface area (Å²) in [6.07, 6.45) is 0.292. The van der Waals surface area contributed by atoms with Crippen LogP contribution in [-0.4, -0.2) is 33.8 Å². The molecule has 0 spiro atoms. The predicted octanol–water partition coefficient (Wildman–Crippen LogP) is 1.21. The highest BCUT2D eigenvalue weighted by Crippen LogP contribution is 2.21. The molecule has 0 bridgehead atoms. The van der Waals surface area contributed by atoms with E-state index in [1.165, 1.54) is 0 Å². The quantitative estimate of drug-likeness (QED) is 0.797. The number of aryl methyl sites for hydroxylation is 1. The summed E-state index contributed by atoms with van der Waals surface area (Å²) < 4.78 is 0. The molecule has 1 atom stereocenters. The fourth-order valence-electron chi connectivity index (χ4n) is 2.01. The van der Waals surface area contributed by atoms with Crippen LogP contribution in [0.15, 0.2) is 24.3 Å². The van der Waals surface area contributed by atoms with Gasteiger partial charge in [-0.25, -0.2) is 4.79 Å². The number of hydrogen-bond donors (Lipinski definition) is 1. The molecule has 0 aliphatic carbocycles. The SMILES string of the molecule is Cc1ccc(C(=O)N2C(=O)CCC2C(=O)O)cc1. The number of rotatable bonds is 2. The second-order valence-electron chi connectivity index (χ2n) is 4.33. The first-order valence-corrected chi connectivity index (χ1v) is 5.66. The van der Waals surface area contributed by atoms with Crippen LogP contribution in [-0.2, 0) is 9.59 Å². The summed E-state index contributed by atoms with van der Waals surface area (Å²) in [4.78, 5) is 35.6. The van der Waals surface area contributed by atoms with Crippen molar-refractivity contribution in [2.45, 2.75) is 25.8 Å². The van der Waals surface area contributed by atoms with Gasteiger partial charge in [0.1, 0.15) is 6.04 Å². The number of carboxylic acids is 1. The number of carbonyl (C=O) groups excluding carboxylic acids is 2. The summed E-state index contributed by atoms with van der Waals surface area (Å²) >= 11 is 0. The zero-order valence-corrected chi connectivity index (χ0v) is 9.92. The van der Waals surface area contributed by atoms with Crippen molar-refractivity contribution in [1.29, 1.82) is 0 Å². The minimum atomic E-state index is -1.14. The van der Waals surface area contributed by atoms with E-state index in [1.807, 2.05) is 6.92 Å². The Kier molecular flexibility index (Phi) is 3.14. The van der Waals surface area contributed by atoms with Gasteiger partial charge in [0.2, 0.25) is 5.91 Å². The molecule has 1 heterocycles. The van der Waals surface area contributed by atoms with Crippen LogP contribution in [0, 0.1) is 6.92 Å². The van der Waals surface area contributed by atoms with Gasteiger partial charge in [0.25, 0.3) is 5.91 Å². The van der Waals surface area contributed by atoms with Crippen LogP contribution in [0.25, 0.3) is 0 Å². The maximum absolute atomic E-state index is 12.1. The van der Waals surface area contributed by atoms with E-state index in [0.717, 1.165) is 10.5 Å². The van der Waals surface area contributed by atoms with Crippen molar-refractivity contribution >= 4 is 17.8 Å². The molecule has 1 aromatic carbocycles. The van der Waals surface area contributed by atoms with Crippen molar-refractivity contribution in [3.63, 3.8) is 0 Å². The maximum atomic E-state index is 12.1. The van der Waals surface area contributed by atoms with Gasteiger partial charge in [-0.15, -0.1) is 0 Å². The highest BCUT2D eigenvalue weighted by atomic mass is 16.4. The van der Waals surface area contributed by atoms with E-state index in [0.29, 0.717) is 5.56 Å². The smallest absolute Gasteiger partial charge is 0.326 e. The Morgan fingerprint density at radius 2 is 1.89 bits per heavy atom. The molecule has 1 unspecified atom stereocenters. The number of carboxylic acid groups (broad SMARTS) is 1. The van der Waals surface area contributed by atoms with E-state index in [9.17, 15) is 14.4 Å². The Hall–Kier alpha value is -2.17. The first kappa shape index (κ1) is 12.3. The molecule has 1 saturated heterocycles. The number of amides is 2. The lowest BCUT2D eigenvalue weighted by atomic mass is 10.1. The molecule has 1 fully saturated rings. The minimum absolute atomic E-state index is 0.106. The molecule has 1 aliphatic heterocycles. The van der Waals surface area contributed by atoms with Crippen molar-refractivity contribution in [1.82, 2.24) is 4.90 Å². The average molecular weight is 247 g/mol. The largest absolute Gasteiger partial charge is 0.480 e. The van der Waals surface area contributed by atoms with Gasteiger partial charge in [-0.2, -0.15) is 0 Å². The van der Waals surface area contributed by atoms with Gasteiger partial charge in [-0.3, -0.25) is 14.5 Å². The molecular weight excluding hydrogens is 234 g/mol. The van der Waals surface area contributed by atoms with Crippen LogP contribution >= 0.6 is 0 Å². The highest BCUT2D eigenvalue weighted by molar-refractivity contribution is 6.08. The first-order valence-electron chi connectivity index (χ1n) is 5.66. The monoisotopic (exact) mass is 247 g/mol. The van der Waals surface area contributed by atoms with Crippen LogP contribution in [0.1, 0.15) is 28.8 Å². The molecule has 1 N–H and O–H groups in total. The number of imide groups is 1. The van der Waals surface area contributed by atoms with Crippen LogP contribution in [0.4, 0.5) is 0 Å². The zero-order valence-electron chi connectivity index (χ0n) is 9.92. The molecule has 5 heteroatoms. The van der Waals surface area contributed by atoms with Crippen LogP contribution < -0.4 is 0 Å². The Balaban J connectivity index is 2.29. The van der Waals surface area contributed by atoms with Crippen molar-refractivity contribution in [2.75, 3.05) is 0 Å². The summed E-state index contributed by atoms with van der Waals surface area (Å²) in [5.74, 6) is -2.10. The number of benzene rings is 1. The molecule has 18 heavy (non-hydrogen) atoms. The van der Waals surface area contributed by atoms with E-state index < -0.39 is 23.8 Å². The summed E-state index contributed by atoms with van der Waals surface area (Å²) in [7, 11) is 0. The molecule has 94 valence electrons. The number of nitrogens with zero attached hydrogens (tertiary/aromatic N) is 1. The molecular formula is C13H13NO4.